The van der Waals surface area contributed by atoms with Gasteiger partial charge in [0, 0.05) is 5.56 Å². The maximum absolute atomic E-state index is 12.7. The van der Waals surface area contributed by atoms with Gasteiger partial charge >= 0.3 is 12.1 Å². The van der Waals surface area contributed by atoms with Gasteiger partial charge in [-0.3, -0.25) is 25.2 Å². The third-order valence-electron chi connectivity index (χ3n) is 3.86. The molecule has 0 aromatic heterocycles. The van der Waals surface area contributed by atoms with E-state index in [0.717, 1.165) is 12.1 Å². The molecule has 2 rings (SSSR count). The zero-order valence-electron chi connectivity index (χ0n) is 15.5. The molecular weight excluding hydrogens is 389 g/mol. The van der Waals surface area contributed by atoms with Crippen LogP contribution in [0.15, 0.2) is 48.5 Å². The molecule has 0 aliphatic carbocycles. The van der Waals surface area contributed by atoms with Gasteiger partial charge in [0.15, 0.2) is 0 Å². The minimum atomic E-state index is -4.42. The van der Waals surface area contributed by atoms with E-state index in [-0.39, 0.29) is 18.6 Å². The van der Waals surface area contributed by atoms with Crippen LogP contribution < -0.4 is 10.9 Å². The Balaban J connectivity index is 2.03. The second kappa shape index (κ2) is 9.72. The van der Waals surface area contributed by atoms with Crippen molar-refractivity contribution in [2.45, 2.75) is 25.9 Å². The minimum absolute atomic E-state index is 0.135. The van der Waals surface area contributed by atoms with E-state index in [1.165, 1.54) is 18.2 Å². The van der Waals surface area contributed by atoms with Crippen molar-refractivity contribution in [1.29, 1.82) is 0 Å². The summed E-state index contributed by atoms with van der Waals surface area (Å²) in [5.41, 5.74) is 4.96. The van der Waals surface area contributed by atoms with Gasteiger partial charge in [0.2, 0.25) is 5.91 Å². The molecule has 0 aliphatic heterocycles. The summed E-state index contributed by atoms with van der Waals surface area (Å²) in [5.74, 6) is -2.08. The molecule has 0 saturated heterocycles. The smallest absolute Gasteiger partial charge is 0.416 e. The summed E-state index contributed by atoms with van der Waals surface area (Å²) in [6, 6.07) is 11.1. The zero-order chi connectivity index (χ0) is 21.4. The van der Waals surface area contributed by atoms with Crippen LogP contribution in [0.5, 0.6) is 0 Å². The molecule has 2 N–H and O–H groups in total. The molecule has 0 aliphatic rings. The first-order valence-corrected chi connectivity index (χ1v) is 8.69. The summed E-state index contributed by atoms with van der Waals surface area (Å²) in [6.07, 6.45) is -4.74. The summed E-state index contributed by atoms with van der Waals surface area (Å²) < 4.78 is 42.7. The Morgan fingerprint density at radius 3 is 2.24 bits per heavy atom. The number of benzene rings is 2. The molecule has 0 fully saturated rings. The second-order valence-electron chi connectivity index (χ2n) is 6.01. The van der Waals surface area contributed by atoms with Crippen LogP contribution in [0, 0.1) is 0 Å². The topological polar surface area (TPSA) is 84.5 Å². The van der Waals surface area contributed by atoms with Crippen LogP contribution in [0.4, 0.5) is 13.2 Å². The second-order valence-corrected chi connectivity index (χ2v) is 6.01. The van der Waals surface area contributed by atoms with E-state index >= 15 is 0 Å². The Hall–Kier alpha value is -3.36. The average Bonchev–Trinajstić information content (AvgIpc) is 2.66. The fourth-order valence-corrected chi connectivity index (χ4v) is 2.51. The number of esters is 1. The predicted octanol–water partition coefficient (Wildman–Crippen LogP) is 3.01. The lowest BCUT2D eigenvalue weighted by Gasteiger charge is -2.12. The molecule has 2 aromatic carbocycles. The Morgan fingerprint density at radius 1 is 0.966 bits per heavy atom. The number of hydrazine groups is 1. The molecule has 0 saturated carbocycles. The van der Waals surface area contributed by atoms with Gasteiger partial charge in [0.05, 0.1) is 12.2 Å². The third-order valence-corrected chi connectivity index (χ3v) is 3.86. The van der Waals surface area contributed by atoms with Gasteiger partial charge in [0.25, 0.3) is 5.91 Å². The number of amides is 2. The predicted molar refractivity (Wildman–Crippen MR) is 97.6 cm³/mol. The first kappa shape index (κ1) is 21.9. The lowest BCUT2D eigenvalue weighted by molar-refractivity contribution is -0.146. The summed E-state index contributed by atoms with van der Waals surface area (Å²) in [6.45, 7) is 1.74. The third kappa shape index (κ3) is 6.63. The van der Waals surface area contributed by atoms with E-state index in [4.69, 9.17) is 0 Å². The first-order chi connectivity index (χ1) is 13.7. The molecule has 0 radical (unpaired) electrons. The number of carbonyl (C=O) groups excluding carboxylic acids is 3. The van der Waals surface area contributed by atoms with Crippen molar-refractivity contribution in [3.05, 3.63) is 70.8 Å². The molecule has 0 atom stereocenters. The first-order valence-electron chi connectivity index (χ1n) is 8.69. The fraction of sp³-hybridized carbons (Fsp3) is 0.250. The van der Waals surface area contributed by atoms with Crippen molar-refractivity contribution in [3.63, 3.8) is 0 Å². The highest BCUT2D eigenvalue weighted by atomic mass is 19.4. The normalized spacial score (nSPS) is 10.9. The Bertz CT molecular complexity index is 880. The average molecular weight is 408 g/mol. The summed E-state index contributed by atoms with van der Waals surface area (Å²) in [5, 5.41) is 0. The lowest BCUT2D eigenvalue weighted by Crippen LogP contribution is -2.42. The molecule has 0 heterocycles. The Kier molecular flexibility index (Phi) is 7.35. The molecular formula is C20H19F3N2O4. The van der Waals surface area contributed by atoms with Gasteiger partial charge < -0.3 is 4.74 Å². The molecule has 0 bridgehead atoms. The van der Waals surface area contributed by atoms with Crippen molar-refractivity contribution >= 4 is 17.8 Å². The van der Waals surface area contributed by atoms with Gasteiger partial charge in [-0.05, 0) is 42.7 Å². The van der Waals surface area contributed by atoms with Gasteiger partial charge in [-0.15, -0.1) is 0 Å². The van der Waals surface area contributed by atoms with Crippen molar-refractivity contribution in [1.82, 2.24) is 10.9 Å². The maximum atomic E-state index is 12.7. The molecule has 154 valence electrons. The molecule has 0 unspecified atom stereocenters. The highest BCUT2D eigenvalue weighted by Gasteiger charge is 2.29. The minimum Gasteiger partial charge on any atom is -0.466 e. The van der Waals surface area contributed by atoms with Crippen LogP contribution in [0.1, 0.15) is 40.4 Å². The highest BCUT2D eigenvalue weighted by Crippen LogP contribution is 2.29. The standard InChI is InChI=1S/C20H19F3N2O4/c1-2-29-18(27)12-17(26)24-25-19(28)16-6-4-3-5-14(16)11-13-7-9-15(10-8-13)20(21,22)23/h3-10H,2,11-12H2,1H3,(H,24,26)(H,25,28). The maximum Gasteiger partial charge on any atom is 0.416 e. The van der Waals surface area contributed by atoms with E-state index in [2.05, 4.69) is 15.6 Å². The lowest BCUT2D eigenvalue weighted by atomic mass is 9.98. The van der Waals surface area contributed by atoms with Crippen molar-refractivity contribution in [2.75, 3.05) is 6.61 Å². The van der Waals surface area contributed by atoms with Crippen LogP contribution >= 0.6 is 0 Å². The van der Waals surface area contributed by atoms with E-state index in [9.17, 15) is 27.6 Å². The quantitative estimate of drug-likeness (QED) is 0.437. The van der Waals surface area contributed by atoms with E-state index < -0.39 is 35.9 Å². The van der Waals surface area contributed by atoms with Crippen LogP contribution in [0.3, 0.4) is 0 Å². The molecule has 9 heteroatoms. The van der Waals surface area contributed by atoms with Crippen LogP contribution in [0.25, 0.3) is 0 Å². The number of hydrogen-bond donors (Lipinski definition) is 2. The van der Waals surface area contributed by atoms with Crippen molar-refractivity contribution in [3.8, 4) is 0 Å². The van der Waals surface area contributed by atoms with Crippen LogP contribution in [-0.2, 0) is 26.9 Å². The molecule has 2 aromatic rings. The monoisotopic (exact) mass is 408 g/mol. The number of rotatable bonds is 6. The van der Waals surface area contributed by atoms with Gasteiger partial charge in [0.1, 0.15) is 6.42 Å². The highest BCUT2D eigenvalue weighted by molar-refractivity contribution is 5.99. The van der Waals surface area contributed by atoms with Gasteiger partial charge in [-0.1, -0.05) is 30.3 Å². The molecule has 0 spiro atoms. The number of alkyl halides is 3. The number of ether oxygens (including phenoxy) is 1. The van der Waals surface area contributed by atoms with E-state index in [0.29, 0.717) is 11.1 Å². The summed E-state index contributed by atoms with van der Waals surface area (Å²) in [7, 11) is 0. The summed E-state index contributed by atoms with van der Waals surface area (Å²) >= 11 is 0. The number of carbonyl (C=O) groups is 3. The van der Waals surface area contributed by atoms with Crippen LogP contribution in [-0.4, -0.2) is 24.4 Å². The number of hydrogen-bond acceptors (Lipinski definition) is 4. The van der Waals surface area contributed by atoms with Crippen molar-refractivity contribution in [2.24, 2.45) is 0 Å². The fourth-order valence-electron chi connectivity index (χ4n) is 2.51. The Labute approximate surface area is 165 Å². The SMILES string of the molecule is CCOC(=O)CC(=O)NNC(=O)c1ccccc1Cc1ccc(C(F)(F)F)cc1. The molecule has 2 amide bonds. The van der Waals surface area contributed by atoms with E-state index in [1.54, 1.807) is 25.1 Å². The number of halogens is 3. The summed E-state index contributed by atoms with van der Waals surface area (Å²) in [4.78, 5) is 35.2. The van der Waals surface area contributed by atoms with Gasteiger partial charge in [-0.2, -0.15) is 13.2 Å². The van der Waals surface area contributed by atoms with Gasteiger partial charge in [-0.25, -0.2) is 0 Å². The largest absolute Gasteiger partial charge is 0.466 e. The number of nitrogens with one attached hydrogen (secondary N) is 2. The zero-order valence-corrected chi connectivity index (χ0v) is 15.5. The molecule has 29 heavy (non-hydrogen) atoms. The van der Waals surface area contributed by atoms with E-state index in [1.807, 2.05) is 0 Å². The van der Waals surface area contributed by atoms with Crippen molar-refractivity contribution < 1.29 is 32.3 Å². The Morgan fingerprint density at radius 2 is 1.62 bits per heavy atom. The van der Waals surface area contributed by atoms with Crippen LogP contribution in [0.2, 0.25) is 0 Å². The molecule has 6 nitrogen and oxygen atoms in total.